The maximum absolute atomic E-state index is 10.9. The van der Waals surface area contributed by atoms with E-state index >= 15 is 0 Å². The van der Waals surface area contributed by atoms with Crippen LogP contribution < -0.4 is 5.48 Å². The maximum atomic E-state index is 10.9. The summed E-state index contributed by atoms with van der Waals surface area (Å²) in [6.07, 6.45) is -0.288. The van der Waals surface area contributed by atoms with Gasteiger partial charge in [-0.1, -0.05) is 18.2 Å². The molecule has 9 heteroatoms. The Morgan fingerprint density at radius 1 is 1.20 bits per heavy atom. The number of nitrogens with one attached hydrogen (secondary N) is 1. The first-order chi connectivity index (χ1) is 14.6. The van der Waals surface area contributed by atoms with E-state index in [0.717, 1.165) is 12.8 Å². The summed E-state index contributed by atoms with van der Waals surface area (Å²) in [5.74, 6) is 0.493. The number of anilines is 1. The van der Waals surface area contributed by atoms with Crippen molar-refractivity contribution in [1.29, 1.82) is 0 Å². The summed E-state index contributed by atoms with van der Waals surface area (Å²) in [4.78, 5) is 13.7. The zero-order valence-electron chi connectivity index (χ0n) is 16.5. The molecular formula is C21H24N4O5. The van der Waals surface area contributed by atoms with Crippen LogP contribution in [0.4, 0.5) is 5.82 Å². The Morgan fingerprint density at radius 3 is 2.77 bits per heavy atom. The van der Waals surface area contributed by atoms with E-state index in [9.17, 15) is 15.3 Å². The van der Waals surface area contributed by atoms with Gasteiger partial charge in [-0.3, -0.25) is 4.84 Å². The monoisotopic (exact) mass is 412 g/mol. The molecule has 1 saturated heterocycles. The highest BCUT2D eigenvalue weighted by atomic mass is 16.6. The van der Waals surface area contributed by atoms with Crippen molar-refractivity contribution in [3.63, 3.8) is 0 Å². The zero-order chi connectivity index (χ0) is 20.8. The second-order valence-electron chi connectivity index (χ2n) is 7.66. The van der Waals surface area contributed by atoms with Gasteiger partial charge in [0, 0.05) is 6.20 Å². The van der Waals surface area contributed by atoms with Crippen molar-refractivity contribution in [2.45, 2.75) is 50.4 Å². The molecule has 1 fully saturated rings. The highest BCUT2D eigenvalue weighted by Crippen LogP contribution is 2.38. The fourth-order valence-electron chi connectivity index (χ4n) is 4.16. The number of hydrogen-bond acceptors (Lipinski definition) is 8. The van der Waals surface area contributed by atoms with E-state index in [1.54, 1.807) is 16.8 Å². The molecule has 3 heterocycles. The first-order valence-corrected chi connectivity index (χ1v) is 10.1. The van der Waals surface area contributed by atoms with Gasteiger partial charge in [-0.05, 0) is 42.5 Å². The summed E-state index contributed by atoms with van der Waals surface area (Å²) in [6.45, 7) is 2.32. The summed E-state index contributed by atoms with van der Waals surface area (Å²) in [6, 6.07) is 7.57. The molecule has 0 bridgehead atoms. The van der Waals surface area contributed by atoms with E-state index in [-0.39, 0.29) is 0 Å². The second-order valence-corrected chi connectivity index (χ2v) is 7.66. The van der Waals surface area contributed by atoms with Crippen molar-refractivity contribution in [3.8, 4) is 0 Å². The van der Waals surface area contributed by atoms with Crippen LogP contribution in [-0.2, 0) is 22.4 Å². The maximum Gasteiger partial charge on any atom is 0.164 e. The largest absolute Gasteiger partial charge is 0.387 e. The van der Waals surface area contributed by atoms with Gasteiger partial charge in [0.15, 0.2) is 12.0 Å². The van der Waals surface area contributed by atoms with Crippen molar-refractivity contribution < 1.29 is 24.9 Å². The van der Waals surface area contributed by atoms with Gasteiger partial charge in [0.05, 0.1) is 12.0 Å². The number of fused-ring (bicyclic) bond motifs is 2. The number of hydrogen-bond donors (Lipinski definition) is 4. The number of aryl methyl sites for hydroxylation is 2. The lowest BCUT2D eigenvalue weighted by Gasteiger charge is -2.25. The van der Waals surface area contributed by atoms with Crippen LogP contribution >= 0.6 is 0 Å². The summed E-state index contributed by atoms with van der Waals surface area (Å²) in [7, 11) is 0. The molecular weight excluding hydrogens is 388 g/mol. The number of aliphatic hydroxyl groups is 3. The molecule has 0 spiro atoms. The molecule has 30 heavy (non-hydrogen) atoms. The Bertz CT molecular complexity index is 1070. The molecule has 1 aromatic carbocycles. The number of benzene rings is 1. The van der Waals surface area contributed by atoms with Crippen molar-refractivity contribution >= 4 is 16.9 Å². The summed E-state index contributed by atoms with van der Waals surface area (Å²) >= 11 is 0. The number of nitrogens with zero attached hydrogens (tertiary/aromatic N) is 3. The molecule has 5 atom stereocenters. The van der Waals surface area contributed by atoms with Gasteiger partial charge in [0.25, 0.3) is 0 Å². The lowest BCUT2D eigenvalue weighted by atomic mass is 9.85. The third kappa shape index (κ3) is 3.06. The van der Waals surface area contributed by atoms with Gasteiger partial charge in [0.2, 0.25) is 0 Å². The number of ether oxygens (including phenoxy) is 1. The number of rotatable bonds is 6. The smallest absolute Gasteiger partial charge is 0.164 e. The van der Waals surface area contributed by atoms with Gasteiger partial charge in [-0.2, -0.15) is 0 Å². The number of aliphatic hydroxyl groups excluding tert-OH is 3. The molecule has 0 unspecified atom stereocenters. The fourth-order valence-corrected chi connectivity index (χ4v) is 4.16. The van der Waals surface area contributed by atoms with Gasteiger partial charge < -0.3 is 24.6 Å². The molecule has 158 valence electrons. The Hall–Kier alpha value is -2.56. The highest BCUT2D eigenvalue weighted by Gasteiger charge is 2.47. The second kappa shape index (κ2) is 7.60. The van der Waals surface area contributed by atoms with Crippen LogP contribution in [0.3, 0.4) is 0 Å². The Balaban J connectivity index is 1.42. The van der Waals surface area contributed by atoms with Gasteiger partial charge in [0.1, 0.15) is 36.4 Å². The van der Waals surface area contributed by atoms with Crippen LogP contribution in [0.5, 0.6) is 0 Å². The predicted octanol–water partition coefficient (Wildman–Crippen LogP) is 1.25. The van der Waals surface area contributed by atoms with Gasteiger partial charge >= 0.3 is 0 Å². The van der Waals surface area contributed by atoms with Crippen LogP contribution in [0.2, 0.25) is 0 Å². The Morgan fingerprint density at radius 2 is 2.03 bits per heavy atom. The van der Waals surface area contributed by atoms with E-state index < -0.39 is 30.6 Å². The standard InChI is InChI=1S/C21H24N4O5/c1-2-29-24-19-14-7-8-25(20(14)23-10-22-19)21-17(28)16(27)18(30-21)15(26)13-6-4-11-3-5-12(11)9-13/h4,6-10,15-18,21,26-28H,2-3,5H2,1H3,(H,22,23,24)/t15-,16+,17-,18-,21-/m1/s1. The molecule has 2 aliphatic rings. The SMILES string of the molecule is CCONc1ncnc2c1ccn2[C@@H]1O[C@H]([C@H](O)c2ccc3c(c2)CC3)[C@@H](O)[C@H]1O. The first kappa shape index (κ1) is 19.4. The van der Waals surface area contributed by atoms with Crippen LogP contribution in [0, 0.1) is 0 Å². The van der Waals surface area contributed by atoms with Crippen LogP contribution in [0.25, 0.3) is 11.0 Å². The lowest BCUT2D eigenvalue weighted by molar-refractivity contribution is -0.0848. The van der Waals surface area contributed by atoms with E-state index in [1.807, 2.05) is 25.1 Å². The van der Waals surface area contributed by atoms with Crippen molar-refractivity contribution in [2.24, 2.45) is 0 Å². The summed E-state index contributed by atoms with van der Waals surface area (Å²) in [5, 5.41) is 32.9. The molecule has 0 amide bonds. The summed E-state index contributed by atoms with van der Waals surface area (Å²) in [5.41, 5.74) is 6.45. The fraction of sp³-hybridized carbons (Fsp3) is 0.429. The molecule has 2 aromatic heterocycles. The Kier molecular flexibility index (Phi) is 4.92. The highest BCUT2D eigenvalue weighted by molar-refractivity contribution is 5.87. The van der Waals surface area contributed by atoms with E-state index in [0.29, 0.717) is 29.0 Å². The molecule has 1 aliphatic heterocycles. The number of aromatic nitrogens is 3. The van der Waals surface area contributed by atoms with Gasteiger partial charge in [-0.25, -0.2) is 15.4 Å². The minimum atomic E-state index is -1.25. The lowest BCUT2D eigenvalue weighted by Crippen LogP contribution is -2.35. The molecule has 0 radical (unpaired) electrons. The molecule has 0 saturated carbocycles. The molecule has 5 rings (SSSR count). The van der Waals surface area contributed by atoms with Crippen molar-refractivity contribution in [2.75, 3.05) is 12.1 Å². The van der Waals surface area contributed by atoms with Crippen LogP contribution in [-0.4, -0.2) is 54.8 Å². The molecule has 9 nitrogen and oxygen atoms in total. The molecule has 3 aromatic rings. The molecule has 4 N–H and O–H groups in total. The minimum Gasteiger partial charge on any atom is -0.387 e. The van der Waals surface area contributed by atoms with Crippen molar-refractivity contribution in [3.05, 3.63) is 53.5 Å². The van der Waals surface area contributed by atoms with E-state index in [1.165, 1.54) is 17.5 Å². The summed E-state index contributed by atoms with van der Waals surface area (Å²) < 4.78 is 7.60. The van der Waals surface area contributed by atoms with E-state index in [2.05, 4.69) is 15.4 Å². The van der Waals surface area contributed by atoms with Crippen LogP contribution in [0.1, 0.15) is 35.9 Å². The normalized spacial score (nSPS) is 26.4. The third-order valence-corrected chi connectivity index (χ3v) is 5.92. The van der Waals surface area contributed by atoms with Crippen LogP contribution in [0.15, 0.2) is 36.8 Å². The minimum absolute atomic E-state index is 0.463. The average Bonchev–Trinajstić information content (AvgIpc) is 3.29. The zero-order valence-corrected chi connectivity index (χ0v) is 16.5. The average molecular weight is 412 g/mol. The van der Waals surface area contributed by atoms with Gasteiger partial charge in [-0.15, -0.1) is 0 Å². The quantitative estimate of drug-likeness (QED) is 0.446. The predicted molar refractivity (Wildman–Crippen MR) is 108 cm³/mol. The molecule has 1 aliphatic carbocycles. The first-order valence-electron chi connectivity index (χ1n) is 10.1. The van der Waals surface area contributed by atoms with Crippen molar-refractivity contribution in [1.82, 2.24) is 14.5 Å². The topological polar surface area (TPSA) is 122 Å². The van der Waals surface area contributed by atoms with E-state index in [4.69, 9.17) is 9.57 Å². The third-order valence-electron chi connectivity index (χ3n) is 5.92. The Labute approximate surface area is 172 Å².